The number of carbonyl (C=O) groups excluding carboxylic acids is 3. The summed E-state index contributed by atoms with van der Waals surface area (Å²) >= 11 is 0. The average Bonchev–Trinajstić information content (AvgIpc) is 3.38. The summed E-state index contributed by atoms with van der Waals surface area (Å²) in [5, 5.41) is 5.66. The number of amides is 3. The van der Waals surface area contributed by atoms with Gasteiger partial charge in [-0.15, -0.1) is 0 Å². The first kappa shape index (κ1) is 20.0. The molecular weight excluding hydrogens is 408 g/mol. The maximum atomic E-state index is 12.9. The third kappa shape index (κ3) is 3.64. The van der Waals surface area contributed by atoms with E-state index < -0.39 is 11.9 Å². The Bertz CT molecular complexity index is 1230. The first-order valence-corrected chi connectivity index (χ1v) is 10.5. The lowest BCUT2D eigenvalue weighted by molar-refractivity contribution is -0.136. The zero-order chi connectivity index (χ0) is 22.2. The number of fused-ring (bicyclic) bond motifs is 1. The summed E-state index contributed by atoms with van der Waals surface area (Å²) in [6.45, 7) is 2.74. The standard InChI is InChI=1S/C24H22N4O4/c1-14-4-2-5-15(10-14)23-26-12-16(32-23)11-25-19-7-3-6-17-18(19)13-28(24(17)31)20-8-9-21(29)27-22(20)30/h2-7,10,12,20,25H,8-9,11,13H2,1H3,(H,27,29,30). The van der Waals surface area contributed by atoms with Crippen LogP contribution in [0.3, 0.4) is 0 Å². The lowest BCUT2D eigenvalue weighted by Crippen LogP contribution is -2.52. The fraction of sp³-hybridized carbons (Fsp3) is 0.250. The quantitative estimate of drug-likeness (QED) is 0.603. The average molecular weight is 430 g/mol. The number of nitrogens with one attached hydrogen (secondary N) is 2. The van der Waals surface area contributed by atoms with Crippen molar-refractivity contribution in [3.63, 3.8) is 0 Å². The van der Waals surface area contributed by atoms with Gasteiger partial charge in [-0.2, -0.15) is 0 Å². The van der Waals surface area contributed by atoms with Crippen molar-refractivity contribution in [3.8, 4) is 11.5 Å². The molecule has 2 aliphatic heterocycles. The third-order valence-corrected chi connectivity index (χ3v) is 5.85. The second-order valence-corrected chi connectivity index (χ2v) is 8.09. The lowest BCUT2D eigenvalue weighted by Gasteiger charge is -2.29. The molecule has 8 heteroatoms. The summed E-state index contributed by atoms with van der Waals surface area (Å²) in [5.41, 5.74) is 4.25. The van der Waals surface area contributed by atoms with Gasteiger partial charge in [-0.25, -0.2) is 4.98 Å². The molecule has 162 valence electrons. The van der Waals surface area contributed by atoms with Crippen LogP contribution in [0.2, 0.25) is 0 Å². The first-order chi connectivity index (χ1) is 15.5. The Hall–Kier alpha value is -3.94. The van der Waals surface area contributed by atoms with Crippen molar-refractivity contribution >= 4 is 23.4 Å². The second kappa shape index (κ2) is 7.96. The lowest BCUT2D eigenvalue weighted by atomic mass is 10.0. The Morgan fingerprint density at radius 1 is 1.19 bits per heavy atom. The number of nitrogens with zero attached hydrogens (tertiary/aromatic N) is 2. The number of aryl methyl sites for hydroxylation is 1. The molecule has 1 fully saturated rings. The van der Waals surface area contributed by atoms with E-state index in [2.05, 4.69) is 15.6 Å². The minimum Gasteiger partial charge on any atom is -0.439 e. The highest BCUT2D eigenvalue weighted by Gasteiger charge is 2.39. The van der Waals surface area contributed by atoms with Gasteiger partial charge in [0.1, 0.15) is 11.8 Å². The van der Waals surface area contributed by atoms with Crippen LogP contribution < -0.4 is 10.6 Å². The van der Waals surface area contributed by atoms with Crippen molar-refractivity contribution in [1.29, 1.82) is 0 Å². The molecule has 5 rings (SSSR count). The highest BCUT2D eigenvalue weighted by molar-refractivity contribution is 6.06. The molecule has 0 spiro atoms. The molecular formula is C24H22N4O4. The van der Waals surface area contributed by atoms with Gasteiger partial charge < -0.3 is 14.6 Å². The van der Waals surface area contributed by atoms with Gasteiger partial charge in [0.2, 0.25) is 17.7 Å². The van der Waals surface area contributed by atoms with Crippen molar-refractivity contribution in [2.24, 2.45) is 0 Å². The van der Waals surface area contributed by atoms with Crippen LogP contribution in [0.1, 0.15) is 40.1 Å². The summed E-state index contributed by atoms with van der Waals surface area (Å²) < 4.78 is 5.89. The predicted molar refractivity (Wildman–Crippen MR) is 116 cm³/mol. The van der Waals surface area contributed by atoms with E-state index >= 15 is 0 Å². The Morgan fingerprint density at radius 2 is 2.03 bits per heavy atom. The van der Waals surface area contributed by atoms with Crippen LogP contribution >= 0.6 is 0 Å². The van der Waals surface area contributed by atoms with Crippen LogP contribution in [0.25, 0.3) is 11.5 Å². The summed E-state index contributed by atoms with van der Waals surface area (Å²) in [7, 11) is 0. The van der Waals surface area contributed by atoms with Crippen LogP contribution in [-0.2, 0) is 22.7 Å². The number of aromatic nitrogens is 1. The van der Waals surface area contributed by atoms with Crippen molar-refractivity contribution in [2.75, 3.05) is 5.32 Å². The van der Waals surface area contributed by atoms with Gasteiger partial charge in [0, 0.05) is 35.3 Å². The minimum atomic E-state index is -0.633. The van der Waals surface area contributed by atoms with E-state index in [1.165, 1.54) is 0 Å². The molecule has 2 aliphatic rings. The second-order valence-electron chi connectivity index (χ2n) is 8.09. The largest absolute Gasteiger partial charge is 0.439 e. The van der Waals surface area contributed by atoms with Crippen molar-refractivity contribution < 1.29 is 18.8 Å². The number of oxazole rings is 1. The topological polar surface area (TPSA) is 105 Å². The number of benzene rings is 2. The van der Waals surface area contributed by atoms with Gasteiger partial charge in [-0.1, -0.05) is 23.8 Å². The van der Waals surface area contributed by atoms with Gasteiger partial charge in [0.25, 0.3) is 5.91 Å². The number of anilines is 1. The summed E-state index contributed by atoms with van der Waals surface area (Å²) in [6, 6.07) is 12.8. The fourth-order valence-corrected chi connectivity index (χ4v) is 4.23. The van der Waals surface area contributed by atoms with Crippen LogP contribution in [0.15, 0.2) is 53.1 Å². The van der Waals surface area contributed by atoms with Gasteiger partial charge in [0.15, 0.2) is 0 Å². The Kier molecular flexibility index (Phi) is 4.97. The minimum absolute atomic E-state index is 0.195. The predicted octanol–water partition coefficient (Wildman–Crippen LogP) is 3.02. The monoisotopic (exact) mass is 430 g/mol. The highest BCUT2D eigenvalue weighted by Crippen LogP contribution is 2.32. The number of hydrogen-bond acceptors (Lipinski definition) is 6. The van der Waals surface area contributed by atoms with Gasteiger partial charge in [-0.05, 0) is 37.6 Å². The highest BCUT2D eigenvalue weighted by atomic mass is 16.4. The Morgan fingerprint density at radius 3 is 2.84 bits per heavy atom. The van der Waals surface area contributed by atoms with Gasteiger partial charge in [0.05, 0.1) is 12.7 Å². The molecule has 3 heterocycles. The van der Waals surface area contributed by atoms with Crippen LogP contribution in [0.5, 0.6) is 0 Å². The van der Waals surface area contributed by atoms with Crippen molar-refractivity contribution in [2.45, 2.75) is 38.9 Å². The third-order valence-electron chi connectivity index (χ3n) is 5.85. The van der Waals surface area contributed by atoms with Gasteiger partial charge in [-0.3, -0.25) is 19.7 Å². The molecule has 3 aromatic rings. The molecule has 2 aromatic carbocycles. The van der Waals surface area contributed by atoms with Crippen LogP contribution in [0.4, 0.5) is 5.69 Å². The number of hydrogen-bond donors (Lipinski definition) is 2. The normalized spacial score (nSPS) is 18.0. The zero-order valence-electron chi connectivity index (χ0n) is 17.6. The Balaban J connectivity index is 1.31. The molecule has 0 aliphatic carbocycles. The fourth-order valence-electron chi connectivity index (χ4n) is 4.23. The molecule has 2 N–H and O–H groups in total. The Labute approximate surface area is 184 Å². The molecule has 0 radical (unpaired) electrons. The van der Waals surface area contributed by atoms with Crippen LogP contribution in [0, 0.1) is 6.92 Å². The van der Waals surface area contributed by atoms with E-state index in [0.29, 0.717) is 36.7 Å². The molecule has 1 unspecified atom stereocenters. The van der Waals surface area contributed by atoms with Gasteiger partial charge >= 0.3 is 0 Å². The van der Waals surface area contributed by atoms with Crippen LogP contribution in [-0.4, -0.2) is 33.6 Å². The number of piperidine rings is 1. The van der Waals surface area contributed by atoms with E-state index in [1.807, 2.05) is 43.3 Å². The summed E-state index contributed by atoms with van der Waals surface area (Å²) in [4.78, 5) is 42.6. The van der Waals surface area contributed by atoms with E-state index in [4.69, 9.17) is 4.42 Å². The molecule has 1 saturated heterocycles. The molecule has 0 bridgehead atoms. The smallest absolute Gasteiger partial charge is 0.255 e. The molecule has 32 heavy (non-hydrogen) atoms. The maximum Gasteiger partial charge on any atom is 0.255 e. The molecule has 3 amide bonds. The number of imide groups is 1. The number of carbonyl (C=O) groups is 3. The van der Waals surface area contributed by atoms with E-state index in [1.54, 1.807) is 17.2 Å². The SMILES string of the molecule is Cc1cccc(-c2ncc(CNc3cccc4c3CN(C3CCC(=O)NC3=O)C4=O)o2)c1. The summed E-state index contributed by atoms with van der Waals surface area (Å²) in [5.74, 6) is 0.324. The maximum absolute atomic E-state index is 12.9. The molecule has 1 atom stereocenters. The van der Waals surface area contributed by atoms with E-state index in [9.17, 15) is 14.4 Å². The van der Waals surface area contributed by atoms with Crippen molar-refractivity contribution in [3.05, 3.63) is 71.1 Å². The summed E-state index contributed by atoms with van der Waals surface area (Å²) in [6.07, 6.45) is 2.26. The zero-order valence-corrected chi connectivity index (χ0v) is 17.6. The molecule has 8 nitrogen and oxygen atoms in total. The van der Waals surface area contributed by atoms with Crippen molar-refractivity contribution in [1.82, 2.24) is 15.2 Å². The molecule has 0 saturated carbocycles. The first-order valence-electron chi connectivity index (χ1n) is 10.5. The molecule has 1 aromatic heterocycles. The number of rotatable bonds is 5. The van der Waals surface area contributed by atoms with E-state index in [0.717, 1.165) is 22.4 Å². The van der Waals surface area contributed by atoms with E-state index in [-0.39, 0.29) is 18.2 Å².